The van der Waals surface area contributed by atoms with Crippen molar-refractivity contribution in [3.05, 3.63) is 52.5 Å². The Hall–Kier alpha value is -2.21. The molecule has 1 atom stereocenters. The lowest BCUT2D eigenvalue weighted by molar-refractivity contribution is -0.117. The van der Waals surface area contributed by atoms with Gasteiger partial charge in [0.25, 0.3) is 5.91 Å². The summed E-state index contributed by atoms with van der Waals surface area (Å²) in [5.41, 5.74) is 0.647. The first-order chi connectivity index (χ1) is 10.1. The van der Waals surface area contributed by atoms with Gasteiger partial charge in [-0.3, -0.25) is 9.59 Å². The molecule has 21 heavy (non-hydrogen) atoms. The zero-order valence-corrected chi connectivity index (χ0v) is 11.9. The van der Waals surface area contributed by atoms with Crippen molar-refractivity contribution < 1.29 is 14.0 Å². The molecule has 108 valence electrons. The van der Waals surface area contributed by atoms with Gasteiger partial charge in [0, 0.05) is 18.7 Å². The molecule has 2 amide bonds. The van der Waals surface area contributed by atoms with Crippen LogP contribution in [0.25, 0.3) is 0 Å². The molecule has 4 nitrogen and oxygen atoms in total. The molecule has 1 aromatic heterocycles. The van der Waals surface area contributed by atoms with Gasteiger partial charge in [-0.15, -0.1) is 11.3 Å². The Bertz CT molecular complexity index is 655. The van der Waals surface area contributed by atoms with Gasteiger partial charge in [0.1, 0.15) is 5.82 Å². The predicted molar refractivity (Wildman–Crippen MR) is 78.9 cm³/mol. The second kappa shape index (κ2) is 5.65. The maximum Gasteiger partial charge on any atom is 0.261 e. The van der Waals surface area contributed by atoms with Crippen molar-refractivity contribution in [2.45, 2.75) is 12.5 Å². The van der Waals surface area contributed by atoms with Crippen LogP contribution in [0.3, 0.4) is 0 Å². The van der Waals surface area contributed by atoms with E-state index in [1.165, 1.54) is 23.5 Å². The van der Waals surface area contributed by atoms with Gasteiger partial charge >= 0.3 is 0 Å². The number of carbonyl (C=O) groups is 2. The van der Waals surface area contributed by atoms with Crippen molar-refractivity contribution in [2.24, 2.45) is 0 Å². The number of benzene rings is 1. The van der Waals surface area contributed by atoms with Crippen LogP contribution in [0.2, 0.25) is 0 Å². The van der Waals surface area contributed by atoms with Crippen LogP contribution in [-0.4, -0.2) is 24.4 Å². The minimum Gasteiger partial charge on any atom is -0.346 e. The molecule has 1 saturated heterocycles. The van der Waals surface area contributed by atoms with E-state index in [0.717, 1.165) is 0 Å². The number of carbonyl (C=O) groups excluding carboxylic acids is 2. The molecule has 1 N–H and O–H groups in total. The number of amides is 2. The molecule has 0 saturated carbocycles. The third-order valence-electron chi connectivity index (χ3n) is 3.34. The minimum absolute atomic E-state index is 0.0712. The molecule has 1 aromatic carbocycles. The van der Waals surface area contributed by atoms with Gasteiger partial charge in [-0.05, 0) is 35.7 Å². The molecule has 6 heteroatoms. The lowest BCUT2D eigenvalue weighted by atomic mass is 10.2. The Morgan fingerprint density at radius 2 is 2.05 bits per heavy atom. The van der Waals surface area contributed by atoms with Gasteiger partial charge in [0.2, 0.25) is 5.91 Å². The van der Waals surface area contributed by atoms with Gasteiger partial charge in [-0.1, -0.05) is 6.07 Å². The van der Waals surface area contributed by atoms with E-state index in [9.17, 15) is 14.0 Å². The molecule has 3 rings (SSSR count). The van der Waals surface area contributed by atoms with Crippen molar-refractivity contribution in [3.8, 4) is 0 Å². The Morgan fingerprint density at radius 1 is 1.29 bits per heavy atom. The van der Waals surface area contributed by atoms with E-state index in [4.69, 9.17) is 0 Å². The van der Waals surface area contributed by atoms with Crippen LogP contribution in [0, 0.1) is 5.82 Å². The summed E-state index contributed by atoms with van der Waals surface area (Å²) in [6.45, 7) is 0.404. The maximum atomic E-state index is 12.9. The average Bonchev–Trinajstić information content (AvgIpc) is 3.10. The van der Waals surface area contributed by atoms with Crippen LogP contribution < -0.4 is 10.2 Å². The summed E-state index contributed by atoms with van der Waals surface area (Å²) in [5.74, 6) is -0.574. The van der Waals surface area contributed by atoms with Crippen LogP contribution >= 0.6 is 11.3 Å². The number of hydrogen-bond acceptors (Lipinski definition) is 3. The Kier molecular flexibility index (Phi) is 3.70. The van der Waals surface area contributed by atoms with Crippen molar-refractivity contribution >= 4 is 28.8 Å². The molecule has 1 aliphatic rings. The van der Waals surface area contributed by atoms with Crippen molar-refractivity contribution in [3.63, 3.8) is 0 Å². The van der Waals surface area contributed by atoms with Crippen molar-refractivity contribution in [1.29, 1.82) is 0 Å². The molecule has 0 spiro atoms. The maximum absolute atomic E-state index is 12.9. The second-order valence-electron chi connectivity index (χ2n) is 4.83. The van der Waals surface area contributed by atoms with Crippen molar-refractivity contribution in [1.82, 2.24) is 5.32 Å². The fraction of sp³-hybridized carbons (Fsp3) is 0.200. The number of nitrogens with one attached hydrogen (secondary N) is 1. The summed E-state index contributed by atoms with van der Waals surface area (Å²) in [4.78, 5) is 26.2. The lowest BCUT2D eigenvalue weighted by Crippen LogP contribution is -2.36. The second-order valence-corrected chi connectivity index (χ2v) is 5.78. The summed E-state index contributed by atoms with van der Waals surface area (Å²) in [5, 5.41) is 4.69. The van der Waals surface area contributed by atoms with Gasteiger partial charge in [0.05, 0.1) is 10.9 Å². The molecule has 1 fully saturated rings. The fourth-order valence-corrected chi connectivity index (χ4v) is 2.97. The Balaban J connectivity index is 1.67. The van der Waals surface area contributed by atoms with E-state index in [-0.39, 0.29) is 30.1 Å². The number of anilines is 1. The molecule has 2 aromatic rings. The molecular formula is C15H13FN2O2S. The molecule has 2 heterocycles. The first kappa shape index (κ1) is 13.8. The Labute approximate surface area is 125 Å². The van der Waals surface area contributed by atoms with E-state index >= 15 is 0 Å². The SMILES string of the molecule is O=C(N[C@H]1CC(=O)N(c2ccc(F)cc2)C1)c1cccs1. The van der Waals surface area contributed by atoms with E-state index in [1.807, 2.05) is 11.4 Å². The van der Waals surface area contributed by atoms with Crippen LogP contribution in [-0.2, 0) is 4.79 Å². The quantitative estimate of drug-likeness (QED) is 0.947. The van der Waals surface area contributed by atoms with Crippen LogP contribution in [0.15, 0.2) is 41.8 Å². The first-order valence-corrected chi connectivity index (χ1v) is 7.42. The van der Waals surface area contributed by atoms with E-state index < -0.39 is 0 Å². The highest BCUT2D eigenvalue weighted by molar-refractivity contribution is 7.12. The molecule has 0 aliphatic carbocycles. The smallest absolute Gasteiger partial charge is 0.261 e. The normalized spacial score (nSPS) is 18.0. The number of thiophene rings is 1. The highest BCUT2D eigenvalue weighted by Gasteiger charge is 2.31. The molecular weight excluding hydrogens is 291 g/mol. The van der Waals surface area contributed by atoms with Crippen LogP contribution in [0.1, 0.15) is 16.1 Å². The van der Waals surface area contributed by atoms with Crippen LogP contribution in [0.5, 0.6) is 0 Å². The zero-order chi connectivity index (χ0) is 14.8. The topological polar surface area (TPSA) is 49.4 Å². The monoisotopic (exact) mass is 304 g/mol. The summed E-state index contributed by atoms with van der Waals surface area (Å²) >= 11 is 1.36. The third kappa shape index (κ3) is 2.95. The molecule has 0 radical (unpaired) electrons. The summed E-state index contributed by atoms with van der Waals surface area (Å²) in [6, 6.07) is 9.10. The van der Waals surface area contributed by atoms with Gasteiger partial charge < -0.3 is 10.2 Å². The van der Waals surface area contributed by atoms with Crippen molar-refractivity contribution in [2.75, 3.05) is 11.4 Å². The van der Waals surface area contributed by atoms with E-state index in [1.54, 1.807) is 23.1 Å². The number of nitrogens with zero attached hydrogens (tertiary/aromatic N) is 1. The Morgan fingerprint density at radius 3 is 2.71 bits per heavy atom. The van der Waals surface area contributed by atoms with E-state index in [0.29, 0.717) is 17.1 Å². The predicted octanol–water partition coefficient (Wildman–Crippen LogP) is 2.42. The molecule has 0 bridgehead atoms. The number of halogens is 1. The number of hydrogen-bond donors (Lipinski definition) is 1. The number of rotatable bonds is 3. The summed E-state index contributed by atoms with van der Waals surface area (Å²) < 4.78 is 12.9. The fourth-order valence-electron chi connectivity index (χ4n) is 2.34. The highest BCUT2D eigenvalue weighted by Crippen LogP contribution is 2.22. The van der Waals surface area contributed by atoms with E-state index in [2.05, 4.69) is 5.32 Å². The first-order valence-electron chi connectivity index (χ1n) is 6.54. The average molecular weight is 304 g/mol. The van der Waals surface area contributed by atoms with Gasteiger partial charge in [0.15, 0.2) is 0 Å². The van der Waals surface area contributed by atoms with Crippen LogP contribution in [0.4, 0.5) is 10.1 Å². The molecule has 0 unspecified atom stereocenters. The lowest BCUT2D eigenvalue weighted by Gasteiger charge is -2.17. The standard InChI is InChI=1S/C15H13FN2O2S/c16-10-3-5-12(6-4-10)18-9-11(8-14(18)19)17-15(20)13-2-1-7-21-13/h1-7,11H,8-9H2,(H,17,20)/t11-/m0/s1. The third-order valence-corrected chi connectivity index (χ3v) is 4.21. The van der Waals surface area contributed by atoms with Gasteiger partial charge in [-0.25, -0.2) is 4.39 Å². The van der Waals surface area contributed by atoms with Gasteiger partial charge in [-0.2, -0.15) is 0 Å². The summed E-state index contributed by atoms with van der Waals surface area (Å²) in [6.07, 6.45) is 0.258. The zero-order valence-electron chi connectivity index (χ0n) is 11.1. The highest BCUT2D eigenvalue weighted by atomic mass is 32.1. The summed E-state index contributed by atoms with van der Waals surface area (Å²) in [7, 11) is 0. The molecule has 1 aliphatic heterocycles. The minimum atomic E-state index is -0.340. The largest absolute Gasteiger partial charge is 0.346 e.